The van der Waals surface area contributed by atoms with E-state index in [1.807, 2.05) is 18.2 Å². The Hall–Kier alpha value is -6.28. The van der Waals surface area contributed by atoms with E-state index in [4.69, 9.17) is 9.97 Å². The maximum absolute atomic E-state index is 5.45. The second-order valence-corrected chi connectivity index (χ2v) is 16.2. The number of nitrogens with one attached hydrogen (secondary N) is 2. The predicted octanol–water partition coefficient (Wildman–Crippen LogP) is 12.5. The van der Waals surface area contributed by atoms with Gasteiger partial charge in [0.1, 0.15) is 0 Å². The Morgan fingerprint density at radius 3 is 1.93 bits per heavy atom. The van der Waals surface area contributed by atoms with E-state index in [1.54, 1.807) is 0 Å². The number of hydrogen-bond acceptors (Lipinski definition) is 2. The van der Waals surface area contributed by atoms with Crippen LogP contribution in [-0.2, 0) is 0 Å². The predicted molar refractivity (Wildman–Crippen MR) is 235 cm³/mol. The summed E-state index contributed by atoms with van der Waals surface area (Å²) in [6, 6.07) is 29.6. The molecule has 0 atom stereocenters. The minimum atomic E-state index is 0.415. The lowest BCUT2D eigenvalue weighted by Crippen LogP contribution is -1.97. The first kappa shape index (κ1) is 35.2. The highest BCUT2D eigenvalue weighted by atomic mass is 14.8. The molecule has 3 fully saturated rings. The van der Waals surface area contributed by atoms with E-state index in [1.165, 1.54) is 69.8 Å². The summed E-state index contributed by atoms with van der Waals surface area (Å²) in [5, 5.41) is 0. The van der Waals surface area contributed by atoms with Crippen molar-refractivity contribution < 1.29 is 0 Å². The molecular formula is C53H46N4. The summed E-state index contributed by atoms with van der Waals surface area (Å²) in [4.78, 5) is 18.6. The van der Waals surface area contributed by atoms with Crippen molar-refractivity contribution in [1.29, 1.82) is 0 Å². The molecular weight excluding hydrogens is 693 g/mol. The summed E-state index contributed by atoms with van der Waals surface area (Å²) in [5.74, 6) is 23.0. The number of H-pyrrole nitrogens is 2. The number of hydrogen-bond donors (Lipinski definition) is 2. The number of benzene rings is 2. The Morgan fingerprint density at radius 2 is 1.18 bits per heavy atom. The number of aromatic nitrogens is 4. The van der Waals surface area contributed by atoms with Gasteiger partial charge in [-0.25, -0.2) is 9.97 Å². The first-order valence-electron chi connectivity index (χ1n) is 21.1. The lowest BCUT2D eigenvalue weighted by Gasteiger charge is -2.10. The summed E-state index contributed by atoms with van der Waals surface area (Å²) >= 11 is 0. The van der Waals surface area contributed by atoms with Crippen LogP contribution in [0.25, 0.3) is 57.0 Å². The van der Waals surface area contributed by atoms with Crippen molar-refractivity contribution in [3.05, 3.63) is 130 Å². The molecule has 278 valence electrons. The first-order valence-corrected chi connectivity index (χ1v) is 21.1. The normalized spacial score (nSPS) is 16.7. The second kappa shape index (κ2) is 15.7. The van der Waals surface area contributed by atoms with E-state index >= 15 is 0 Å². The van der Waals surface area contributed by atoms with Gasteiger partial charge in [-0.1, -0.05) is 123 Å². The van der Waals surface area contributed by atoms with Crippen LogP contribution in [-0.4, -0.2) is 19.9 Å². The molecule has 57 heavy (non-hydrogen) atoms. The van der Waals surface area contributed by atoms with Crippen LogP contribution >= 0.6 is 0 Å². The third-order valence-electron chi connectivity index (χ3n) is 12.3. The molecule has 2 N–H and O–H groups in total. The van der Waals surface area contributed by atoms with E-state index in [-0.39, 0.29) is 0 Å². The van der Waals surface area contributed by atoms with E-state index in [2.05, 4.69) is 130 Å². The summed E-state index contributed by atoms with van der Waals surface area (Å²) < 4.78 is 0. The fraction of sp³-hybridized carbons (Fsp3) is 0.283. The van der Waals surface area contributed by atoms with E-state index < -0.39 is 0 Å². The van der Waals surface area contributed by atoms with Crippen molar-refractivity contribution in [2.24, 2.45) is 11.8 Å². The zero-order valence-electron chi connectivity index (χ0n) is 32.4. The van der Waals surface area contributed by atoms with Crippen LogP contribution < -0.4 is 0 Å². The number of fused-ring (bicyclic) bond motifs is 8. The largest absolute Gasteiger partial charge is 0.354 e. The maximum Gasteiger partial charge on any atom is 0.0815 e. The van der Waals surface area contributed by atoms with E-state index in [0.717, 1.165) is 91.1 Å². The Bertz CT molecular complexity index is 2760. The lowest BCUT2D eigenvalue weighted by molar-refractivity contribution is 0.712. The van der Waals surface area contributed by atoms with Gasteiger partial charge in [-0.05, 0) is 105 Å². The average Bonchev–Trinajstić information content (AvgIpc) is 4.09. The summed E-state index contributed by atoms with van der Waals surface area (Å²) in [7, 11) is 0. The fourth-order valence-corrected chi connectivity index (χ4v) is 9.33. The molecule has 10 rings (SSSR count). The highest BCUT2D eigenvalue weighted by Crippen LogP contribution is 2.40. The van der Waals surface area contributed by atoms with Gasteiger partial charge in [0.25, 0.3) is 0 Å². The van der Waals surface area contributed by atoms with Crippen LogP contribution in [0, 0.1) is 47.4 Å². The van der Waals surface area contributed by atoms with Crippen LogP contribution in [0.3, 0.4) is 0 Å². The monoisotopic (exact) mass is 738 g/mol. The summed E-state index contributed by atoms with van der Waals surface area (Å²) in [5.41, 5.74) is 14.8. The summed E-state index contributed by atoms with van der Waals surface area (Å²) in [6.07, 6.45) is 21.1. The van der Waals surface area contributed by atoms with Crippen molar-refractivity contribution in [3.63, 3.8) is 0 Å². The molecule has 5 aromatic rings. The van der Waals surface area contributed by atoms with Crippen LogP contribution in [0.2, 0.25) is 0 Å². The number of allylic oxidation sites excluding steroid dienone is 1. The third-order valence-corrected chi connectivity index (χ3v) is 12.3. The van der Waals surface area contributed by atoms with Gasteiger partial charge < -0.3 is 9.97 Å². The molecule has 5 heterocycles. The molecule has 4 nitrogen and oxygen atoms in total. The topological polar surface area (TPSA) is 57.4 Å². The number of rotatable bonds is 2. The summed E-state index contributed by atoms with van der Waals surface area (Å²) in [6.45, 7) is 0. The van der Waals surface area contributed by atoms with Gasteiger partial charge in [-0.15, -0.1) is 0 Å². The molecule has 0 saturated heterocycles. The molecule has 3 aromatic heterocycles. The molecule has 3 saturated carbocycles. The smallest absolute Gasteiger partial charge is 0.0815 e. The molecule has 3 aliphatic carbocycles. The first-order chi connectivity index (χ1) is 28.2. The third kappa shape index (κ3) is 7.40. The van der Waals surface area contributed by atoms with Crippen molar-refractivity contribution >= 4 is 45.9 Å². The molecule has 5 aliphatic rings. The molecule has 4 heteroatoms. The van der Waals surface area contributed by atoms with Gasteiger partial charge in [0.15, 0.2) is 0 Å². The zero-order chi connectivity index (χ0) is 38.0. The molecule has 0 radical (unpaired) electrons. The van der Waals surface area contributed by atoms with Crippen molar-refractivity contribution in [3.8, 4) is 46.6 Å². The van der Waals surface area contributed by atoms with Crippen LogP contribution in [0.5, 0.6) is 0 Å². The Kier molecular flexibility index (Phi) is 9.68. The van der Waals surface area contributed by atoms with Gasteiger partial charge in [0.05, 0.1) is 50.5 Å². The van der Waals surface area contributed by atoms with Crippen molar-refractivity contribution in [2.45, 2.75) is 83.0 Å². The molecule has 2 aromatic carbocycles. The Morgan fingerprint density at radius 1 is 0.526 bits per heavy atom. The average molecular weight is 739 g/mol. The van der Waals surface area contributed by atoms with Gasteiger partial charge in [-0.3, -0.25) is 0 Å². The Balaban J connectivity index is 1.31. The lowest BCUT2D eigenvalue weighted by atomic mass is 9.95. The van der Waals surface area contributed by atoms with Crippen molar-refractivity contribution in [2.75, 3.05) is 0 Å². The van der Waals surface area contributed by atoms with Gasteiger partial charge >= 0.3 is 0 Å². The van der Waals surface area contributed by atoms with E-state index in [0.29, 0.717) is 17.8 Å². The van der Waals surface area contributed by atoms with Gasteiger partial charge in [0.2, 0.25) is 0 Å². The van der Waals surface area contributed by atoms with E-state index in [9.17, 15) is 0 Å². The maximum atomic E-state index is 5.45. The van der Waals surface area contributed by atoms with Crippen LogP contribution in [0.15, 0.2) is 84.9 Å². The van der Waals surface area contributed by atoms with Gasteiger partial charge in [0, 0.05) is 39.6 Å². The number of aromatic amines is 2. The Labute approximate surface area is 336 Å². The minimum absolute atomic E-state index is 0.415. The molecule has 0 unspecified atom stereocenters. The molecule has 0 spiro atoms. The quantitative estimate of drug-likeness (QED) is 0.174. The number of nitrogens with zero attached hydrogens (tertiary/aromatic N) is 2. The van der Waals surface area contributed by atoms with Crippen molar-refractivity contribution in [1.82, 2.24) is 19.9 Å². The van der Waals surface area contributed by atoms with Crippen LogP contribution in [0.1, 0.15) is 128 Å². The molecule has 8 bridgehead atoms. The fourth-order valence-electron chi connectivity index (χ4n) is 9.33. The zero-order valence-corrected chi connectivity index (χ0v) is 32.4. The van der Waals surface area contributed by atoms with Gasteiger partial charge in [-0.2, -0.15) is 0 Å². The highest BCUT2D eigenvalue weighted by Gasteiger charge is 2.24. The standard InChI is InChI=1S/C53H46N4/c1-3-13-36(14-4-1)23-26-41-33-50-52(39-19-5-2-6-20-39)46-31-29-44(54-46)43(28-25-38-17-9-10-18-38)45-30-32-47(55-45)53(40-21-11-12-22-40)51-34-42(27-24-37-15-7-8-16-37)49(57-51)35-48(41)56-50/h1-6,13-14,19-20,29-35,37-38,40,54,57H,7-12,15-18,21-22H2. The minimum Gasteiger partial charge on any atom is -0.354 e. The van der Waals surface area contributed by atoms with Crippen LogP contribution in [0.4, 0.5) is 0 Å². The second-order valence-electron chi connectivity index (χ2n) is 16.2. The highest BCUT2D eigenvalue weighted by molar-refractivity contribution is 5.99. The molecule has 2 aliphatic heterocycles. The SMILES string of the molecule is C(#Cc1ccccc1)C1=Cc2nc1cc1[nH]c(cc1C#CC1CCCC1)c(C1CCCC1)c1nc(c(C#CC3CCCC3)c3ccc([nH]3)c2-c2ccccc2)C=C1. The molecule has 0 amide bonds.